The maximum absolute atomic E-state index is 13.5. The van der Waals surface area contributed by atoms with E-state index in [0.717, 1.165) is 29.7 Å². The molecule has 3 atom stereocenters. The third-order valence-electron chi connectivity index (χ3n) is 6.90. The van der Waals surface area contributed by atoms with Crippen molar-refractivity contribution in [3.63, 3.8) is 0 Å². The monoisotopic (exact) mass is 422 g/mol. The molecule has 3 aromatic rings. The van der Waals surface area contributed by atoms with Crippen molar-refractivity contribution < 1.29 is 18.4 Å². The normalized spacial score (nSPS) is 24.4. The molecule has 0 aliphatic carbocycles. The van der Waals surface area contributed by atoms with E-state index in [-0.39, 0.29) is 11.6 Å². The number of piperidine rings is 1. The predicted molar refractivity (Wildman–Crippen MR) is 116 cm³/mol. The van der Waals surface area contributed by atoms with Gasteiger partial charge >= 0.3 is 0 Å². The molecule has 2 aliphatic heterocycles. The quantitative estimate of drug-likeness (QED) is 0.502. The van der Waals surface area contributed by atoms with Crippen LogP contribution < -0.4 is 4.74 Å². The fourth-order valence-electron chi connectivity index (χ4n) is 5.47. The van der Waals surface area contributed by atoms with Gasteiger partial charge in [0.05, 0.1) is 5.69 Å². The highest BCUT2D eigenvalue weighted by molar-refractivity contribution is 5.94. The number of halogens is 1. The van der Waals surface area contributed by atoms with Crippen LogP contribution in [0.25, 0.3) is 11.0 Å². The highest BCUT2D eigenvalue weighted by Gasteiger charge is 2.44. The van der Waals surface area contributed by atoms with E-state index < -0.39 is 0 Å². The van der Waals surface area contributed by atoms with Crippen molar-refractivity contribution in [2.75, 3.05) is 6.61 Å². The van der Waals surface area contributed by atoms with E-state index in [1.54, 1.807) is 13.0 Å². The van der Waals surface area contributed by atoms with Crippen molar-refractivity contribution in [2.24, 2.45) is 0 Å². The van der Waals surface area contributed by atoms with Crippen LogP contribution in [-0.4, -0.2) is 40.6 Å². The molecule has 0 radical (unpaired) electrons. The Labute approximate surface area is 181 Å². The molecule has 1 aromatic heterocycles. The van der Waals surface area contributed by atoms with Gasteiger partial charge in [-0.05, 0) is 75.9 Å². The van der Waals surface area contributed by atoms with Crippen molar-refractivity contribution in [2.45, 2.75) is 63.6 Å². The third-order valence-corrected chi connectivity index (χ3v) is 6.90. The van der Waals surface area contributed by atoms with Gasteiger partial charge in [0.15, 0.2) is 11.4 Å². The predicted octanol–water partition coefficient (Wildman–Crippen LogP) is 5.35. The Bertz CT molecular complexity index is 1080. The second-order valence-electron chi connectivity index (χ2n) is 8.95. The zero-order valence-corrected chi connectivity index (χ0v) is 17.9. The number of Topliss-reactive ketones (excluding diaryl/α,β-unsaturated/α-hetero) is 1. The highest BCUT2D eigenvalue weighted by Crippen LogP contribution is 2.45. The smallest absolute Gasteiger partial charge is 0.170 e. The summed E-state index contributed by atoms with van der Waals surface area (Å²) in [7, 11) is 0. The molecule has 6 heteroatoms. The number of nitrogens with zero attached hydrogens (tertiary/aromatic N) is 2. The first-order valence-corrected chi connectivity index (χ1v) is 11.1. The minimum Gasteiger partial charge on any atom is -0.492 e. The van der Waals surface area contributed by atoms with Crippen LogP contribution in [0.2, 0.25) is 0 Å². The lowest BCUT2D eigenvalue weighted by atomic mass is 9.86. The lowest BCUT2D eigenvalue weighted by molar-refractivity contribution is 0.0572. The summed E-state index contributed by atoms with van der Waals surface area (Å²) in [5, 5.41) is 5.25. The first-order chi connectivity index (χ1) is 15.0. The van der Waals surface area contributed by atoms with Crippen LogP contribution in [-0.2, 0) is 0 Å². The molecule has 5 nitrogen and oxygen atoms in total. The lowest BCUT2D eigenvalue weighted by Gasteiger charge is -2.42. The average Bonchev–Trinajstić information content (AvgIpc) is 3.30. The fourth-order valence-corrected chi connectivity index (χ4v) is 5.47. The standard InChI is InChI=1S/C25H27FN2O3/c1-15(14-30-22-8-3-17(4-9-22)16(2)29)28-20-6-7-21(28)12-18(11-20)25-23-10-5-19(26)13-24(23)31-27-25/h3-5,8-10,13,15,18,20-21H,6-7,11-12,14H2,1-2H3. The van der Waals surface area contributed by atoms with E-state index in [4.69, 9.17) is 9.26 Å². The number of fused-ring (bicyclic) bond motifs is 3. The largest absolute Gasteiger partial charge is 0.492 e. The van der Waals surface area contributed by atoms with E-state index in [1.165, 1.54) is 25.0 Å². The Morgan fingerprint density at radius 1 is 1.19 bits per heavy atom. The Kier molecular flexibility index (Phi) is 5.26. The number of benzene rings is 2. The number of hydrogen-bond acceptors (Lipinski definition) is 5. The zero-order chi connectivity index (χ0) is 21.5. The number of rotatable bonds is 6. The summed E-state index contributed by atoms with van der Waals surface area (Å²) >= 11 is 0. The lowest BCUT2D eigenvalue weighted by Crippen LogP contribution is -2.49. The van der Waals surface area contributed by atoms with E-state index in [2.05, 4.69) is 17.0 Å². The molecule has 0 amide bonds. The zero-order valence-electron chi connectivity index (χ0n) is 17.9. The molecule has 0 N–H and O–H groups in total. The van der Waals surface area contributed by atoms with Crippen molar-refractivity contribution in [1.29, 1.82) is 0 Å². The van der Waals surface area contributed by atoms with Crippen LogP contribution in [0, 0.1) is 5.82 Å². The summed E-state index contributed by atoms with van der Waals surface area (Å²) in [5.74, 6) is 0.896. The molecular formula is C25H27FN2O3. The van der Waals surface area contributed by atoms with Gasteiger partial charge in [0.2, 0.25) is 0 Å². The summed E-state index contributed by atoms with van der Waals surface area (Å²) < 4.78 is 24.9. The first-order valence-electron chi connectivity index (χ1n) is 11.1. The Balaban J connectivity index is 1.24. The minimum absolute atomic E-state index is 0.0596. The SMILES string of the molecule is CC(=O)c1ccc(OCC(C)N2C3CCC2CC(c2noc4cc(F)ccc24)C3)cc1. The topological polar surface area (TPSA) is 55.6 Å². The number of hydrogen-bond donors (Lipinski definition) is 0. The summed E-state index contributed by atoms with van der Waals surface area (Å²) in [5.41, 5.74) is 2.20. The first kappa shape index (κ1) is 20.2. The van der Waals surface area contributed by atoms with Crippen LogP contribution in [0.5, 0.6) is 5.75 Å². The van der Waals surface area contributed by atoms with Gasteiger partial charge in [-0.1, -0.05) is 5.16 Å². The maximum Gasteiger partial charge on any atom is 0.170 e. The van der Waals surface area contributed by atoms with E-state index in [0.29, 0.717) is 41.8 Å². The van der Waals surface area contributed by atoms with Gasteiger partial charge in [-0.2, -0.15) is 0 Å². The second-order valence-corrected chi connectivity index (χ2v) is 8.95. The molecule has 5 rings (SSSR count). The summed E-state index contributed by atoms with van der Waals surface area (Å²) in [6.07, 6.45) is 4.44. The fraction of sp³-hybridized carbons (Fsp3) is 0.440. The molecule has 162 valence electrons. The maximum atomic E-state index is 13.5. The summed E-state index contributed by atoms with van der Waals surface area (Å²) in [6, 6.07) is 13.3. The molecule has 31 heavy (non-hydrogen) atoms. The van der Waals surface area contributed by atoms with Gasteiger partial charge in [0.1, 0.15) is 18.2 Å². The van der Waals surface area contributed by atoms with Gasteiger partial charge in [-0.3, -0.25) is 9.69 Å². The van der Waals surface area contributed by atoms with Crippen LogP contribution in [0.1, 0.15) is 61.5 Å². The van der Waals surface area contributed by atoms with E-state index >= 15 is 0 Å². The molecule has 0 spiro atoms. The number of carbonyl (C=O) groups excluding carboxylic acids is 1. The number of aromatic nitrogens is 1. The Morgan fingerprint density at radius 3 is 2.58 bits per heavy atom. The summed E-state index contributed by atoms with van der Waals surface area (Å²) in [4.78, 5) is 14.0. The summed E-state index contributed by atoms with van der Waals surface area (Å²) in [6.45, 7) is 4.41. The minimum atomic E-state index is -0.296. The van der Waals surface area contributed by atoms with Gasteiger partial charge in [-0.25, -0.2) is 4.39 Å². The number of carbonyl (C=O) groups is 1. The average molecular weight is 423 g/mol. The van der Waals surface area contributed by atoms with Crippen molar-refractivity contribution in [3.05, 3.63) is 59.5 Å². The van der Waals surface area contributed by atoms with E-state index in [1.807, 2.05) is 24.3 Å². The van der Waals surface area contributed by atoms with Crippen LogP contribution in [0.3, 0.4) is 0 Å². The van der Waals surface area contributed by atoms with Gasteiger partial charge in [0, 0.05) is 41.1 Å². The third kappa shape index (κ3) is 3.85. The molecule has 2 aromatic carbocycles. The molecule has 3 unspecified atom stereocenters. The van der Waals surface area contributed by atoms with Crippen LogP contribution >= 0.6 is 0 Å². The van der Waals surface area contributed by atoms with Gasteiger partial charge in [-0.15, -0.1) is 0 Å². The molecule has 2 aliphatic rings. The molecule has 3 heterocycles. The second kappa shape index (κ2) is 8.08. The molecular weight excluding hydrogens is 395 g/mol. The number of ketones is 1. The molecule has 2 fully saturated rings. The van der Waals surface area contributed by atoms with Gasteiger partial charge in [0.25, 0.3) is 0 Å². The van der Waals surface area contributed by atoms with Crippen molar-refractivity contribution in [1.82, 2.24) is 10.1 Å². The Morgan fingerprint density at radius 2 is 1.90 bits per heavy atom. The van der Waals surface area contributed by atoms with Crippen molar-refractivity contribution >= 4 is 16.8 Å². The van der Waals surface area contributed by atoms with Crippen LogP contribution in [0.15, 0.2) is 47.0 Å². The van der Waals surface area contributed by atoms with E-state index in [9.17, 15) is 9.18 Å². The molecule has 0 saturated carbocycles. The van der Waals surface area contributed by atoms with Crippen molar-refractivity contribution in [3.8, 4) is 5.75 Å². The number of ether oxygens (including phenoxy) is 1. The van der Waals surface area contributed by atoms with Gasteiger partial charge < -0.3 is 9.26 Å². The Hall–Kier alpha value is -2.73. The molecule has 2 saturated heterocycles. The molecule has 2 bridgehead atoms. The van der Waals surface area contributed by atoms with Crippen LogP contribution in [0.4, 0.5) is 4.39 Å². The highest BCUT2D eigenvalue weighted by atomic mass is 19.1.